The molecule has 1 aromatic carbocycles. The molecule has 0 saturated carbocycles. The molecule has 0 aliphatic rings. The van der Waals surface area contributed by atoms with E-state index in [1.54, 1.807) is 0 Å². The van der Waals surface area contributed by atoms with Crippen LogP contribution in [0.25, 0.3) is 0 Å². The van der Waals surface area contributed by atoms with Crippen molar-refractivity contribution in [2.24, 2.45) is 5.73 Å². The van der Waals surface area contributed by atoms with Gasteiger partial charge in [-0.3, -0.25) is 4.79 Å². The molecule has 1 aromatic rings. The Hall–Kier alpha value is -1.19. The maximum atomic E-state index is 13.1. The van der Waals surface area contributed by atoms with E-state index in [9.17, 15) is 17.6 Å². The van der Waals surface area contributed by atoms with Gasteiger partial charge in [0, 0.05) is 17.4 Å². The predicted octanol–water partition coefficient (Wildman–Crippen LogP) is 0.324. The predicted molar refractivity (Wildman–Crippen MR) is 67.5 cm³/mol. The number of benzene rings is 1. The molecule has 0 spiro atoms. The van der Waals surface area contributed by atoms with E-state index in [0.717, 1.165) is 12.1 Å². The lowest BCUT2D eigenvalue weighted by atomic mass is 10.3. The molecule has 5 N–H and O–H groups in total. The average Bonchev–Trinajstić information content (AvgIpc) is 2.22. The van der Waals surface area contributed by atoms with Gasteiger partial charge in [-0.15, -0.1) is 0 Å². The second-order valence-electron chi connectivity index (χ2n) is 3.42. The summed E-state index contributed by atoms with van der Waals surface area (Å²) in [4.78, 5) is 10.3. The van der Waals surface area contributed by atoms with Crippen molar-refractivity contribution >= 4 is 37.5 Å². The molecule has 0 aromatic heterocycles. The van der Waals surface area contributed by atoms with Crippen LogP contribution in [0.3, 0.4) is 0 Å². The number of nitrogen functional groups attached to an aromatic ring is 1. The molecule has 0 bridgehead atoms. The summed E-state index contributed by atoms with van der Waals surface area (Å²) in [5, 5.41) is 0. The Morgan fingerprint density at radius 2 is 2.06 bits per heavy atom. The van der Waals surface area contributed by atoms with Crippen LogP contribution < -0.4 is 16.2 Å². The quantitative estimate of drug-likeness (QED) is 0.670. The second kappa shape index (κ2) is 5.63. The van der Waals surface area contributed by atoms with Crippen molar-refractivity contribution in [1.82, 2.24) is 4.72 Å². The van der Waals surface area contributed by atoms with Crippen LogP contribution in [0, 0.1) is 5.82 Å². The fourth-order valence-corrected chi connectivity index (χ4v) is 3.22. The van der Waals surface area contributed by atoms with E-state index in [4.69, 9.17) is 11.5 Å². The van der Waals surface area contributed by atoms with Gasteiger partial charge in [-0.2, -0.15) is 0 Å². The molecule has 0 saturated heterocycles. The lowest BCUT2D eigenvalue weighted by molar-refractivity contribution is -0.117. The Bertz CT molecular complexity index is 577. The Morgan fingerprint density at radius 1 is 1.44 bits per heavy atom. The first-order chi connectivity index (χ1) is 8.24. The minimum absolute atomic E-state index is 0.0424. The number of nitrogens with one attached hydrogen (secondary N) is 1. The van der Waals surface area contributed by atoms with E-state index < -0.39 is 21.7 Å². The molecule has 0 fully saturated rings. The summed E-state index contributed by atoms with van der Waals surface area (Å²) in [5.41, 5.74) is 9.90. The summed E-state index contributed by atoms with van der Waals surface area (Å²) < 4.78 is 38.9. The summed E-state index contributed by atoms with van der Waals surface area (Å²) in [6.45, 7) is -0.138. The van der Waals surface area contributed by atoms with Crippen LogP contribution in [0.15, 0.2) is 21.5 Å². The zero-order chi connectivity index (χ0) is 13.9. The second-order valence-corrected chi connectivity index (χ2v) is 6.01. The fourth-order valence-electron chi connectivity index (χ4n) is 1.14. The Morgan fingerprint density at radius 3 is 2.61 bits per heavy atom. The number of hydrogen-bond acceptors (Lipinski definition) is 4. The number of anilines is 1. The third-order valence-corrected chi connectivity index (χ3v) is 4.42. The molecular formula is C9H11BrFN3O3S. The first-order valence-corrected chi connectivity index (χ1v) is 7.04. The van der Waals surface area contributed by atoms with Crippen molar-refractivity contribution in [1.29, 1.82) is 0 Å². The van der Waals surface area contributed by atoms with E-state index in [0.29, 0.717) is 0 Å². The van der Waals surface area contributed by atoms with Crippen molar-refractivity contribution in [3.63, 3.8) is 0 Å². The number of carbonyl (C=O) groups excluding carboxylic acids is 1. The highest BCUT2D eigenvalue weighted by atomic mass is 79.9. The van der Waals surface area contributed by atoms with Crippen LogP contribution in [-0.2, 0) is 14.8 Å². The highest BCUT2D eigenvalue weighted by Crippen LogP contribution is 2.26. The maximum Gasteiger partial charge on any atom is 0.241 e. The fraction of sp³-hybridized carbons (Fsp3) is 0.222. The van der Waals surface area contributed by atoms with E-state index in [1.807, 2.05) is 0 Å². The molecule has 0 aliphatic heterocycles. The number of sulfonamides is 1. The number of halogens is 2. The van der Waals surface area contributed by atoms with E-state index in [-0.39, 0.29) is 28.0 Å². The Kier molecular flexibility index (Phi) is 4.65. The number of hydrogen-bond donors (Lipinski definition) is 3. The number of nitrogens with two attached hydrogens (primary N) is 2. The lowest BCUT2D eigenvalue weighted by Crippen LogP contribution is -2.28. The highest BCUT2D eigenvalue weighted by molar-refractivity contribution is 9.10. The highest BCUT2D eigenvalue weighted by Gasteiger charge is 2.19. The van der Waals surface area contributed by atoms with Crippen molar-refractivity contribution < 1.29 is 17.6 Å². The molecule has 1 rings (SSSR count). The molecule has 6 nitrogen and oxygen atoms in total. The van der Waals surface area contributed by atoms with E-state index >= 15 is 0 Å². The standard InChI is InChI=1S/C9H11BrFN3O3S/c10-5-3-6(11)7(12)4-8(5)18(16,17)14-2-1-9(13)15/h3-4,14H,1-2,12H2,(H2,13,15). The topological polar surface area (TPSA) is 115 Å². The zero-order valence-electron chi connectivity index (χ0n) is 9.11. The summed E-state index contributed by atoms with van der Waals surface area (Å²) in [7, 11) is -3.88. The Balaban J connectivity index is 2.98. The average molecular weight is 340 g/mol. The van der Waals surface area contributed by atoms with Crippen LogP contribution >= 0.6 is 15.9 Å². The molecule has 0 aliphatic carbocycles. The van der Waals surface area contributed by atoms with E-state index in [1.165, 1.54) is 0 Å². The van der Waals surface area contributed by atoms with Crippen LogP contribution in [0.2, 0.25) is 0 Å². The van der Waals surface area contributed by atoms with Gasteiger partial charge in [-0.05, 0) is 28.1 Å². The van der Waals surface area contributed by atoms with Gasteiger partial charge >= 0.3 is 0 Å². The van der Waals surface area contributed by atoms with Crippen LogP contribution in [0.5, 0.6) is 0 Å². The number of primary amides is 1. The normalized spacial score (nSPS) is 11.4. The summed E-state index contributed by atoms with van der Waals surface area (Å²) in [6.07, 6.45) is -0.131. The summed E-state index contributed by atoms with van der Waals surface area (Å²) in [6, 6.07) is 1.95. The van der Waals surface area contributed by atoms with Gasteiger partial charge in [0.25, 0.3) is 0 Å². The zero-order valence-corrected chi connectivity index (χ0v) is 11.5. The van der Waals surface area contributed by atoms with E-state index in [2.05, 4.69) is 20.7 Å². The molecule has 0 atom stereocenters. The molecular weight excluding hydrogens is 329 g/mol. The molecule has 18 heavy (non-hydrogen) atoms. The van der Waals surface area contributed by atoms with Crippen LogP contribution in [-0.4, -0.2) is 20.9 Å². The third kappa shape index (κ3) is 3.65. The summed E-state index contributed by atoms with van der Waals surface area (Å²) in [5.74, 6) is -1.35. The van der Waals surface area contributed by atoms with Crippen molar-refractivity contribution in [3.05, 3.63) is 22.4 Å². The molecule has 0 unspecified atom stereocenters. The Labute approximate surface area is 112 Å². The molecule has 0 radical (unpaired) electrons. The number of carbonyl (C=O) groups is 1. The molecule has 1 amide bonds. The smallest absolute Gasteiger partial charge is 0.241 e. The van der Waals surface area contributed by atoms with Crippen LogP contribution in [0.1, 0.15) is 6.42 Å². The lowest BCUT2D eigenvalue weighted by Gasteiger charge is -2.09. The SMILES string of the molecule is NC(=O)CCNS(=O)(=O)c1cc(N)c(F)cc1Br. The third-order valence-electron chi connectivity index (χ3n) is 2.00. The van der Waals surface area contributed by atoms with Crippen molar-refractivity contribution in [2.75, 3.05) is 12.3 Å². The van der Waals surface area contributed by atoms with Gasteiger partial charge in [0.2, 0.25) is 15.9 Å². The van der Waals surface area contributed by atoms with Crippen molar-refractivity contribution in [2.45, 2.75) is 11.3 Å². The van der Waals surface area contributed by atoms with Gasteiger partial charge in [0.05, 0.1) is 10.6 Å². The molecule has 100 valence electrons. The first-order valence-electron chi connectivity index (χ1n) is 4.76. The monoisotopic (exact) mass is 339 g/mol. The largest absolute Gasteiger partial charge is 0.396 e. The van der Waals surface area contributed by atoms with Gasteiger partial charge in [0.1, 0.15) is 5.82 Å². The van der Waals surface area contributed by atoms with Gasteiger partial charge in [0.15, 0.2) is 0 Å². The van der Waals surface area contributed by atoms with Gasteiger partial charge in [-0.25, -0.2) is 17.5 Å². The minimum Gasteiger partial charge on any atom is -0.396 e. The molecule has 9 heteroatoms. The maximum absolute atomic E-state index is 13.1. The number of amides is 1. The molecule has 0 heterocycles. The van der Waals surface area contributed by atoms with Gasteiger partial charge in [-0.1, -0.05) is 0 Å². The minimum atomic E-state index is -3.88. The number of rotatable bonds is 5. The van der Waals surface area contributed by atoms with Crippen molar-refractivity contribution in [3.8, 4) is 0 Å². The summed E-state index contributed by atoms with van der Waals surface area (Å²) >= 11 is 2.93. The van der Waals surface area contributed by atoms with Crippen LogP contribution in [0.4, 0.5) is 10.1 Å². The first kappa shape index (κ1) is 14.9. The van der Waals surface area contributed by atoms with Gasteiger partial charge < -0.3 is 11.5 Å².